The third kappa shape index (κ3) is 2.42. The first-order valence-electron chi connectivity index (χ1n) is 5.09. The molecule has 0 radical (unpaired) electrons. The lowest BCUT2D eigenvalue weighted by molar-refractivity contribution is 0.216. The Kier molecular flexibility index (Phi) is 3.25. The molecule has 0 saturated carbocycles. The third-order valence-corrected chi connectivity index (χ3v) is 2.84. The van der Waals surface area contributed by atoms with E-state index in [1.54, 1.807) is 0 Å². The number of hydrogen-bond donors (Lipinski definition) is 2. The van der Waals surface area contributed by atoms with Crippen molar-refractivity contribution < 1.29 is 5.11 Å². The molecule has 1 aromatic rings. The second kappa shape index (κ2) is 4.11. The molecule has 15 heavy (non-hydrogen) atoms. The first kappa shape index (κ1) is 11.9. The first-order valence-corrected chi connectivity index (χ1v) is 5.09. The Balaban J connectivity index is 3.10. The fourth-order valence-electron chi connectivity index (χ4n) is 1.38. The highest BCUT2D eigenvalue weighted by molar-refractivity contribution is 5.69. The van der Waals surface area contributed by atoms with Crippen LogP contribution in [-0.4, -0.2) is 24.3 Å². The zero-order chi connectivity index (χ0) is 11.6. The molecule has 0 aliphatic heterocycles. The van der Waals surface area contributed by atoms with Crippen LogP contribution in [0.1, 0.15) is 19.4 Å². The van der Waals surface area contributed by atoms with Gasteiger partial charge in [0.2, 0.25) is 0 Å². The summed E-state index contributed by atoms with van der Waals surface area (Å²) < 4.78 is 0. The van der Waals surface area contributed by atoms with Gasteiger partial charge >= 0.3 is 0 Å². The van der Waals surface area contributed by atoms with Crippen LogP contribution in [0.3, 0.4) is 0 Å². The maximum Gasteiger partial charge on any atom is 0.0658 e. The number of benzene rings is 1. The van der Waals surface area contributed by atoms with Crippen LogP contribution in [-0.2, 0) is 0 Å². The minimum absolute atomic E-state index is 0.0941. The summed E-state index contributed by atoms with van der Waals surface area (Å²) in [6, 6.07) is 5.92. The molecule has 0 saturated heterocycles. The predicted molar refractivity (Wildman–Crippen MR) is 65.2 cm³/mol. The van der Waals surface area contributed by atoms with E-state index in [1.165, 1.54) is 5.56 Å². The fourth-order valence-corrected chi connectivity index (χ4v) is 1.38. The van der Waals surface area contributed by atoms with Gasteiger partial charge < -0.3 is 15.7 Å². The molecule has 1 rings (SSSR count). The minimum Gasteiger partial charge on any atom is -0.397 e. The lowest BCUT2D eigenvalue weighted by Crippen LogP contribution is -2.44. The van der Waals surface area contributed by atoms with E-state index in [9.17, 15) is 5.11 Å². The monoisotopic (exact) mass is 208 g/mol. The van der Waals surface area contributed by atoms with E-state index in [0.29, 0.717) is 0 Å². The Morgan fingerprint density at radius 3 is 2.53 bits per heavy atom. The summed E-state index contributed by atoms with van der Waals surface area (Å²) in [6.07, 6.45) is 0. The summed E-state index contributed by atoms with van der Waals surface area (Å²) in [5.74, 6) is 0. The molecule has 0 aliphatic carbocycles. The summed E-state index contributed by atoms with van der Waals surface area (Å²) in [5.41, 5.74) is 8.49. The average Bonchev–Trinajstić information content (AvgIpc) is 2.20. The van der Waals surface area contributed by atoms with Crippen LogP contribution in [0.15, 0.2) is 18.2 Å². The maximum absolute atomic E-state index is 9.30. The van der Waals surface area contributed by atoms with E-state index in [0.717, 1.165) is 11.4 Å². The zero-order valence-corrected chi connectivity index (χ0v) is 9.91. The summed E-state index contributed by atoms with van der Waals surface area (Å²) in [5, 5.41) is 9.30. The molecule has 0 amide bonds. The van der Waals surface area contributed by atoms with E-state index < -0.39 is 0 Å². The highest BCUT2D eigenvalue weighted by atomic mass is 16.3. The number of nitrogens with two attached hydrogens (primary N) is 1. The number of nitrogens with zero attached hydrogens (tertiary/aromatic N) is 1. The van der Waals surface area contributed by atoms with Crippen molar-refractivity contribution in [1.29, 1.82) is 0 Å². The van der Waals surface area contributed by atoms with Crippen LogP contribution in [0.5, 0.6) is 0 Å². The molecule has 3 nitrogen and oxygen atoms in total. The summed E-state index contributed by atoms with van der Waals surface area (Å²) >= 11 is 0. The van der Waals surface area contributed by atoms with Crippen molar-refractivity contribution in [1.82, 2.24) is 0 Å². The summed E-state index contributed by atoms with van der Waals surface area (Å²) in [4.78, 5) is 2.01. The van der Waals surface area contributed by atoms with Crippen LogP contribution in [0.4, 0.5) is 11.4 Å². The van der Waals surface area contributed by atoms with E-state index in [-0.39, 0.29) is 12.1 Å². The normalized spacial score (nSPS) is 11.5. The van der Waals surface area contributed by atoms with Crippen molar-refractivity contribution >= 4 is 11.4 Å². The first-order chi connectivity index (χ1) is 6.88. The summed E-state index contributed by atoms with van der Waals surface area (Å²) in [7, 11) is 1.95. The molecule has 1 aromatic carbocycles. The van der Waals surface area contributed by atoms with Crippen molar-refractivity contribution in [3.8, 4) is 0 Å². The molecule has 0 spiro atoms. The van der Waals surface area contributed by atoms with Crippen molar-refractivity contribution in [2.24, 2.45) is 0 Å². The Bertz CT molecular complexity index is 347. The lowest BCUT2D eigenvalue weighted by Gasteiger charge is -2.36. The predicted octanol–water partition coefficient (Wildman–Crippen LogP) is 1.78. The van der Waals surface area contributed by atoms with Gasteiger partial charge in [-0.1, -0.05) is 6.07 Å². The number of aliphatic hydroxyl groups excluding tert-OH is 1. The van der Waals surface area contributed by atoms with E-state index in [1.807, 2.05) is 50.9 Å². The Labute approximate surface area is 91.5 Å². The van der Waals surface area contributed by atoms with Crippen LogP contribution < -0.4 is 10.6 Å². The molecule has 0 aliphatic rings. The molecule has 84 valence electrons. The highest BCUT2D eigenvalue weighted by Gasteiger charge is 2.23. The SMILES string of the molecule is Cc1ccc(N)c(N(C)C(C)(C)CO)c1. The maximum atomic E-state index is 9.30. The van der Waals surface area contributed by atoms with Crippen molar-refractivity contribution in [3.63, 3.8) is 0 Å². The number of aliphatic hydroxyl groups is 1. The largest absolute Gasteiger partial charge is 0.397 e. The molecule has 0 unspecified atom stereocenters. The molecule has 0 aromatic heterocycles. The number of anilines is 2. The van der Waals surface area contributed by atoms with Gasteiger partial charge in [-0.3, -0.25) is 0 Å². The highest BCUT2D eigenvalue weighted by Crippen LogP contribution is 2.28. The fraction of sp³-hybridized carbons (Fsp3) is 0.500. The Morgan fingerprint density at radius 1 is 1.40 bits per heavy atom. The van der Waals surface area contributed by atoms with Crippen molar-refractivity contribution in [2.45, 2.75) is 26.3 Å². The van der Waals surface area contributed by atoms with Gasteiger partial charge in [0.1, 0.15) is 0 Å². The quantitative estimate of drug-likeness (QED) is 0.744. The number of likely N-dealkylation sites (N-methyl/N-ethyl adjacent to an activating group) is 1. The molecule has 3 N–H and O–H groups in total. The molecule has 0 fully saturated rings. The molecule has 0 bridgehead atoms. The molecule has 0 heterocycles. The van der Waals surface area contributed by atoms with Gasteiger partial charge in [0.25, 0.3) is 0 Å². The van der Waals surface area contributed by atoms with Crippen LogP contribution >= 0.6 is 0 Å². The van der Waals surface area contributed by atoms with Gasteiger partial charge in [-0.15, -0.1) is 0 Å². The Morgan fingerprint density at radius 2 is 2.00 bits per heavy atom. The lowest BCUT2D eigenvalue weighted by atomic mass is 10.0. The van der Waals surface area contributed by atoms with Crippen molar-refractivity contribution in [2.75, 3.05) is 24.3 Å². The smallest absolute Gasteiger partial charge is 0.0658 e. The minimum atomic E-state index is -0.304. The molecule has 3 heteroatoms. The third-order valence-electron chi connectivity index (χ3n) is 2.84. The van der Waals surface area contributed by atoms with Gasteiger partial charge in [-0.25, -0.2) is 0 Å². The van der Waals surface area contributed by atoms with Crippen LogP contribution in [0.25, 0.3) is 0 Å². The van der Waals surface area contributed by atoms with Gasteiger partial charge in [0, 0.05) is 7.05 Å². The number of rotatable bonds is 3. The molecular weight excluding hydrogens is 188 g/mol. The van der Waals surface area contributed by atoms with Gasteiger partial charge in [-0.2, -0.15) is 0 Å². The van der Waals surface area contributed by atoms with Crippen molar-refractivity contribution in [3.05, 3.63) is 23.8 Å². The van der Waals surface area contributed by atoms with E-state index >= 15 is 0 Å². The van der Waals surface area contributed by atoms with E-state index in [2.05, 4.69) is 0 Å². The zero-order valence-electron chi connectivity index (χ0n) is 9.91. The molecular formula is C12H20N2O. The topological polar surface area (TPSA) is 49.5 Å². The second-order valence-electron chi connectivity index (χ2n) is 4.59. The van der Waals surface area contributed by atoms with Crippen LogP contribution in [0, 0.1) is 6.92 Å². The second-order valence-corrected chi connectivity index (χ2v) is 4.59. The number of hydrogen-bond acceptors (Lipinski definition) is 3. The summed E-state index contributed by atoms with van der Waals surface area (Å²) in [6.45, 7) is 6.09. The number of aryl methyl sites for hydroxylation is 1. The average molecular weight is 208 g/mol. The molecule has 0 atom stereocenters. The van der Waals surface area contributed by atoms with Gasteiger partial charge in [-0.05, 0) is 38.5 Å². The standard InChI is InChI=1S/C12H20N2O/c1-9-5-6-10(13)11(7-9)14(4)12(2,3)8-15/h5-7,15H,8,13H2,1-4H3. The van der Waals surface area contributed by atoms with E-state index in [4.69, 9.17) is 5.73 Å². The van der Waals surface area contributed by atoms with Crippen LogP contribution in [0.2, 0.25) is 0 Å². The Hall–Kier alpha value is -1.22. The van der Waals surface area contributed by atoms with Gasteiger partial charge in [0.05, 0.1) is 23.5 Å². The number of nitrogen functional groups attached to an aromatic ring is 1. The van der Waals surface area contributed by atoms with Gasteiger partial charge in [0.15, 0.2) is 0 Å².